The molecule has 1 atom stereocenters. The quantitative estimate of drug-likeness (QED) is 0.403. The van der Waals surface area contributed by atoms with Crippen LogP contribution in [0.2, 0.25) is 0 Å². The molecule has 4 nitrogen and oxygen atoms in total. The summed E-state index contributed by atoms with van der Waals surface area (Å²) >= 11 is 0. The number of rotatable bonds is 11. The van der Waals surface area contributed by atoms with Gasteiger partial charge in [0.15, 0.2) is 6.29 Å². The predicted molar refractivity (Wildman–Crippen MR) is 103 cm³/mol. The number of hydrogen-bond acceptors (Lipinski definition) is 4. The average Bonchev–Trinajstić information content (AvgIpc) is 2.48. The van der Waals surface area contributed by atoms with Crippen LogP contribution in [0.25, 0.3) is 0 Å². The number of aldehydes is 1. The van der Waals surface area contributed by atoms with E-state index in [1.807, 2.05) is 34.6 Å². The van der Waals surface area contributed by atoms with E-state index in [-0.39, 0.29) is 6.29 Å². The molecule has 0 aromatic carbocycles. The fourth-order valence-electron chi connectivity index (χ4n) is 1.68. The van der Waals surface area contributed by atoms with E-state index in [1.54, 1.807) is 0 Å². The minimum atomic E-state index is -0.555. The Bertz CT molecular complexity index is 228. The Hall–Kier alpha value is -0.450. The minimum Gasteiger partial charge on any atom is -0.390 e. The molecule has 0 aromatic rings. The third-order valence-corrected chi connectivity index (χ3v) is 3.29. The summed E-state index contributed by atoms with van der Waals surface area (Å²) in [5.41, 5.74) is -0.555. The first-order valence-electron chi connectivity index (χ1n) is 9.57. The van der Waals surface area contributed by atoms with Crippen LogP contribution in [-0.2, 0) is 14.3 Å². The highest BCUT2D eigenvalue weighted by Crippen LogP contribution is 2.16. The zero-order valence-corrected chi connectivity index (χ0v) is 17.6. The number of ether oxygens (including phenoxy) is 2. The van der Waals surface area contributed by atoms with E-state index in [9.17, 15) is 9.90 Å². The van der Waals surface area contributed by atoms with Crippen molar-refractivity contribution in [3.05, 3.63) is 0 Å². The van der Waals surface area contributed by atoms with E-state index < -0.39 is 5.60 Å². The Labute approximate surface area is 151 Å². The first kappa shape index (κ1) is 28.4. The molecular weight excluding hydrogens is 304 g/mol. The molecule has 0 aliphatic heterocycles. The lowest BCUT2D eigenvalue weighted by molar-refractivity contribution is -0.123. The maximum Gasteiger partial charge on any atom is 0.154 e. The first-order chi connectivity index (χ1) is 11.2. The molecule has 0 bridgehead atoms. The number of hydrogen-bond donors (Lipinski definition) is 1. The van der Waals surface area contributed by atoms with Gasteiger partial charge in [-0.2, -0.15) is 0 Å². The molecule has 0 radical (unpaired) electrons. The summed E-state index contributed by atoms with van der Waals surface area (Å²) in [5.74, 6) is 0.463. The summed E-state index contributed by atoms with van der Waals surface area (Å²) < 4.78 is 10.1. The zero-order chi connectivity index (χ0) is 19.4. The summed E-state index contributed by atoms with van der Waals surface area (Å²) in [6.45, 7) is 17.3. The fourth-order valence-corrected chi connectivity index (χ4v) is 1.68. The molecule has 0 aliphatic rings. The molecule has 4 heteroatoms. The van der Waals surface area contributed by atoms with Gasteiger partial charge in [0.2, 0.25) is 0 Å². The molecule has 0 aromatic heterocycles. The summed E-state index contributed by atoms with van der Waals surface area (Å²) in [7, 11) is 0. The van der Waals surface area contributed by atoms with Crippen molar-refractivity contribution in [2.75, 3.05) is 13.2 Å². The molecule has 0 fully saturated rings. The standard InChI is InChI=1S/C10H20O2.C6H14O2.C4H10/c1-9(6-8-11)5-4-7-10(2,3)12;1-4-7-6(3)8-5-2;1-3-4-2/h8-9,12H,4-7H2,1-3H3;6H,4-5H2,1-3H3;3-4H2,1-2H3. The maximum absolute atomic E-state index is 10.1. The van der Waals surface area contributed by atoms with Gasteiger partial charge in [-0.15, -0.1) is 0 Å². The average molecular weight is 349 g/mol. The Balaban J connectivity index is -0.000000316. The van der Waals surface area contributed by atoms with E-state index in [4.69, 9.17) is 9.47 Å². The van der Waals surface area contributed by atoms with Gasteiger partial charge in [-0.05, 0) is 47.0 Å². The smallest absolute Gasteiger partial charge is 0.154 e. The molecular formula is C20H44O4. The molecule has 0 amide bonds. The number of carbonyl (C=O) groups is 1. The lowest BCUT2D eigenvalue weighted by atomic mass is 9.96. The highest BCUT2D eigenvalue weighted by Gasteiger charge is 2.12. The van der Waals surface area contributed by atoms with Crippen LogP contribution in [0.15, 0.2) is 0 Å². The van der Waals surface area contributed by atoms with E-state index >= 15 is 0 Å². The van der Waals surface area contributed by atoms with Gasteiger partial charge in [0.25, 0.3) is 0 Å². The number of carbonyl (C=O) groups excluding carboxylic acids is 1. The van der Waals surface area contributed by atoms with Crippen LogP contribution in [0.3, 0.4) is 0 Å². The molecule has 0 rings (SSSR count). The number of aliphatic hydroxyl groups is 1. The summed E-state index contributed by atoms with van der Waals surface area (Å²) in [4.78, 5) is 10.1. The van der Waals surface area contributed by atoms with Crippen molar-refractivity contribution in [3.8, 4) is 0 Å². The molecule has 1 unspecified atom stereocenters. The normalized spacial score (nSPS) is 11.9. The molecule has 0 aliphatic carbocycles. The Kier molecular flexibility index (Phi) is 24.3. The van der Waals surface area contributed by atoms with E-state index in [0.29, 0.717) is 12.3 Å². The summed E-state index contributed by atoms with van der Waals surface area (Å²) in [5, 5.41) is 9.39. The lowest BCUT2D eigenvalue weighted by Crippen LogP contribution is -2.18. The van der Waals surface area contributed by atoms with E-state index in [0.717, 1.165) is 38.8 Å². The predicted octanol–water partition coefficient (Wildman–Crippen LogP) is 5.36. The molecule has 148 valence electrons. The van der Waals surface area contributed by atoms with Crippen molar-refractivity contribution < 1.29 is 19.4 Å². The van der Waals surface area contributed by atoms with Crippen LogP contribution >= 0.6 is 0 Å². The van der Waals surface area contributed by atoms with Crippen LogP contribution in [-0.4, -0.2) is 36.5 Å². The van der Waals surface area contributed by atoms with Gasteiger partial charge in [0, 0.05) is 19.6 Å². The van der Waals surface area contributed by atoms with Crippen LogP contribution in [0, 0.1) is 5.92 Å². The first-order valence-corrected chi connectivity index (χ1v) is 9.57. The molecule has 0 heterocycles. The van der Waals surface area contributed by atoms with E-state index in [2.05, 4.69) is 20.8 Å². The third-order valence-electron chi connectivity index (χ3n) is 3.29. The Morgan fingerprint density at radius 2 is 1.46 bits per heavy atom. The van der Waals surface area contributed by atoms with Gasteiger partial charge in [-0.1, -0.05) is 46.5 Å². The second-order valence-corrected chi connectivity index (χ2v) is 6.69. The summed E-state index contributed by atoms with van der Waals surface area (Å²) in [6, 6.07) is 0. The van der Waals surface area contributed by atoms with Crippen molar-refractivity contribution in [2.24, 2.45) is 5.92 Å². The highest BCUT2D eigenvalue weighted by atomic mass is 16.7. The van der Waals surface area contributed by atoms with Crippen molar-refractivity contribution in [3.63, 3.8) is 0 Å². The van der Waals surface area contributed by atoms with Gasteiger partial charge < -0.3 is 19.4 Å². The minimum absolute atomic E-state index is 0.0370. The second kappa shape index (κ2) is 20.6. The van der Waals surface area contributed by atoms with Crippen molar-refractivity contribution in [1.29, 1.82) is 0 Å². The maximum atomic E-state index is 10.1. The Morgan fingerprint density at radius 1 is 1.00 bits per heavy atom. The van der Waals surface area contributed by atoms with Gasteiger partial charge >= 0.3 is 0 Å². The van der Waals surface area contributed by atoms with Crippen molar-refractivity contribution in [2.45, 2.75) is 106 Å². The highest BCUT2D eigenvalue weighted by molar-refractivity contribution is 5.49. The van der Waals surface area contributed by atoms with Crippen LogP contribution in [0.4, 0.5) is 0 Å². The second-order valence-electron chi connectivity index (χ2n) is 6.69. The van der Waals surface area contributed by atoms with Crippen molar-refractivity contribution in [1.82, 2.24) is 0 Å². The zero-order valence-electron chi connectivity index (χ0n) is 17.6. The van der Waals surface area contributed by atoms with Crippen LogP contribution in [0.5, 0.6) is 0 Å². The van der Waals surface area contributed by atoms with Crippen LogP contribution in [0.1, 0.15) is 93.9 Å². The van der Waals surface area contributed by atoms with Crippen molar-refractivity contribution >= 4 is 6.29 Å². The largest absolute Gasteiger partial charge is 0.390 e. The molecule has 0 saturated heterocycles. The topological polar surface area (TPSA) is 55.8 Å². The Morgan fingerprint density at radius 3 is 1.75 bits per heavy atom. The van der Waals surface area contributed by atoms with Gasteiger partial charge in [0.1, 0.15) is 6.29 Å². The van der Waals surface area contributed by atoms with E-state index in [1.165, 1.54) is 12.8 Å². The lowest BCUT2D eigenvalue weighted by Gasteiger charge is -2.17. The SMILES string of the molecule is CC(CC=O)CCCC(C)(C)O.CCCC.CCOC(C)OCC. The van der Waals surface area contributed by atoms with Gasteiger partial charge in [-0.25, -0.2) is 0 Å². The van der Waals surface area contributed by atoms with Gasteiger partial charge in [-0.3, -0.25) is 0 Å². The monoisotopic (exact) mass is 348 g/mol. The molecule has 0 spiro atoms. The van der Waals surface area contributed by atoms with Gasteiger partial charge in [0.05, 0.1) is 5.60 Å². The molecule has 0 saturated carbocycles. The van der Waals surface area contributed by atoms with Crippen LogP contribution < -0.4 is 0 Å². The third kappa shape index (κ3) is 33.2. The molecule has 24 heavy (non-hydrogen) atoms. The summed E-state index contributed by atoms with van der Waals surface area (Å²) in [6.07, 6.45) is 7.06. The number of unbranched alkanes of at least 4 members (excludes halogenated alkanes) is 1. The fraction of sp³-hybridized carbons (Fsp3) is 0.950. The molecule has 1 N–H and O–H groups in total.